The van der Waals surface area contributed by atoms with Crippen LogP contribution in [-0.2, 0) is 13.6 Å². The lowest BCUT2D eigenvalue weighted by atomic mass is 10.3. The van der Waals surface area contributed by atoms with Crippen LogP contribution >= 0.6 is 23.8 Å². The number of hydrogen-bond acceptors (Lipinski definition) is 2. The van der Waals surface area contributed by atoms with Gasteiger partial charge in [-0.1, -0.05) is 17.7 Å². The highest BCUT2D eigenvalue weighted by Gasteiger charge is 2.09. The van der Waals surface area contributed by atoms with Crippen molar-refractivity contribution in [1.29, 1.82) is 0 Å². The number of benzene rings is 1. The van der Waals surface area contributed by atoms with Gasteiger partial charge in [0.05, 0.1) is 28.3 Å². The predicted molar refractivity (Wildman–Crippen MR) is 74.4 cm³/mol. The molecular formula is C12H11ClN4S. The van der Waals surface area contributed by atoms with Crippen LogP contribution < -0.4 is 0 Å². The molecule has 18 heavy (non-hydrogen) atoms. The lowest BCUT2D eigenvalue weighted by Crippen LogP contribution is -2.05. The summed E-state index contributed by atoms with van der Waals surface area (Å²) in [5.41, 5.74) is 2.96. The summed E-state index contributed by atoms with van der Waals surface area (Å²) in [5, 5.41) is 4.85. The molecule has 0 radical (unpaired) electrons. The van der Waals surface area contributed by atoms with Crippen LogP contribution in [0.2, 0.25) is 5.02 Å². The second-order valence-electron chi connectivity index (χ2n) is 4.10. The summed E-state index contributed by atoms with van der Waals surface area (Å²) >= 11 is 11.6. The fourth-order valence-electron chi connectivity index (χ4n) is 2.04. The Morgan fingerprint density at radius 2 is 2.22 bits per heavy atom. The van der Waals surface area contributed by atoms with Crippen LogP contribution in [-0.4, -0.2) is 19.3 Å². The normalized spacial score (nSPS) is 11.2. The third-order valence-corrected chi connectivity index (χ3v) is 3.61. The molecule has 0 spiro atoms. The van der Waals surface area contributed by atoms with Gasteiger partial charge in [0.15, 0.2) is 4.77 Å². The second kappa shape index (κ2) is 4.26. The third-order valence-electron chi connectivity index (χ3n) is 2.99. The number of H-pyrrole nitrogens is 1. The molecule has 2 heterocycles. The van der Waals surface area contributed by atoms with E-state index in [2.05, 4.69) is 10.1 Å². The molecule has 6 heteroatoms. The van der Waals surface area contributed by atoms with Gasteiger partial charge in [-0.15, -0.1) is 0 Å². The Morgan fingerprint density at radius 3 is 2.94 bits per heavy atom. The minimum absolute atomic E-state index is 0.652. The number of halogens is 1. The molecule has 92 valence electrons. The number of nitrogens with zero attached hydrogens (tertiary/aromatic N) is 3. The number of hydrogen-bond donors (Lipinski definition) is 1. The highest BCUT2D eigenvalue weighted by atomic mass is 35.5. The van der Waals surface area contributed by atoms with Crippen LogP contribution in [0.1, 0.15) is 5.69 Å². The quantitative estimate of drug-likeness (QED) is 0.732. The Morgan fingerprint density at radius 1 is 1.39 bits per heavy atom. The predicted octanol–water partition coefficient (Wildman–Crippen LogP) is 3.13. The maximum Gasteiger partial charge on any atom is 0.178 e. The number of aryl methyl sites for hydroxylation is 1. The van der Waals surface area contributed by atoms with Crippen LogP contribution in [0, 0.1) is 4.77 Å². The third kappa shape index (κ3) is 1.76. The molecule has 0 aliphatic heterocycles. The first-order valence-corrected chi connectivity index (χ1v) is 6.29. The maximum absolute atomic E-state index is 6.25. The standard InChI is InChI=1S/C12H11ClN4S/c1-16-8(5-6-14-16)7-17-11-9(13)3-2-4-10(11)15-12(17)18/h2-6H,7H2,1H3,(H,15,18). The topological polar surface area (TPSA) is 38.5 Å². The van der Waals surface area contributed by atoms with Gasteiger partial charge in [-0.2, -0.15) is 5.10 Å². The molecule has 3 aromatic rings. The van der Waals surface area contributed by atoms with Crippen molar-refractivity contribution in [2.24, 2.45) is 7.05 Å². The van der Waals surface area contributed by atoms with Gasteiger partial charge in [0.25, 0.3) is 0 Å². The molecule has 0 saturated carbocycles. The largest absolute Gasteiger partial charge is 0.331 e. The van der Waals surface area contributed by atoms with Gasteiger partial charge >= 0.3 is 0 Å². The van der Waals surface area contributed by atoms with Crippen molar-refractivity contribution in [2.45, 2.75) is 6.54 Å². The number of fused-ring (bicyclic) bond motifs is 1. The lowest BCUT2D eigenvalue weighted by Gasteiger charge is -2.06. The molecular weight excluding hydrogens is 268 g/mol. The molecule has 0 amide bonds. The number of nitrogens with one attached hydrogen (secondary N) is 1. The van der Waals surface area contributed by atoms with Gasteiger partial charge in [-0.25, -0.2) is 0 Å². The Balaban J connectivity index is 2.20. The molecule has 0 fully saturated rings. The zero-order valence-electron chi connectivity index (χ0n) is 9.72. The summed E-state index contributed by atoms with van der Waals surface area (Å²) in [6.45, 7) is 0.652. The summed E-state index contributed by atoms with van der Waals surface area (Å²) in [5.74, 6) is 0. The summed E-state index contributed by atoms with van der Waals surface area (Å²) in [6.07, 6.45) is 1.77. The first-order chi connectivity index (χ1) is 8.66. The fourth-order valence-corrected chi connectivity index (χ4v) is 2.59. The van der Waals surface area contributed by atoms with Crippen LogP contribution in [0.5, 0.6) is 0 Å². The fraction of sp³-hybridized carbons (Fsp3) is 0.167. The number of aromatic nitrogens is 4. The molecule has 0 aliphatic carbocycles. The van der Waals surface area contributed by atoms with E-state index >= 15 is 0 Å². The maximum atomic E-state index is 6.25. The molecule has 3 rings (SSSR count). The van der Waals surface area contributed by atoms with Crippen LogP contribution in [0.4, 0.5) is 0 Å². The Kier molecular flexibility index (Phi) is 2.72. The summed E-state index contributed by atoms with van der Waals surface area (Å²) < 4.78 is 4.49. The number of imidazole rings is 1. The summed E-state index contributed by atoms with van der Waals surface area (Å²) in [4.78, 5) is 3.16. The molecule has 0 bridgehead atoms. The first kappa shape index (κ1) is 11.5. The van der Waals surface area contributed by atoms with E-state index < -0.39 is 0 Å². The van der Waals surface area contributed by atoms with Crippen LogP contribution in [0.15, 0.2) is 30.5 Å². The zero-order valence-corrected chi connectivity index (χ0v) is 11.3. The van der Waals surface area contributed by atoms with Crippen molar-refractivity contribution in [3.63, 3.8) is 0 Å². The van der Waals surface area contributed by atoms with Gasteiger partial charge in [-0.05, 0) is 30.4 Å². The van der Waals surface area contributed by atoms with Crippen LogP contribution in [0.25, 0.3) is 11.0 Å². The van der Waals surface area contributed by atoms with Gasteiger partial charge in [0.1, 0.15) is 0 Å². The van der Waals surface area contributed by atoms with Crippen molar-refractivity contribution < 1.29 is 0 Å². The van der Waals surface area contributed by atoms with Crippen molar-refractivity contribution in [2.75, 3.05) is 0 Å². The monoisotopic (exact) mass is 278 g/mol. The molecule has 2 aromatic heterocycles. The van der Waals surface area contributed by atoms with E-state index in [1.165, 1.54) is 0 Å². The average molecular weight is 279 g/mol. The Hall–Kier alpha value is -1.59. The number of aromatic amines is 1. The van der Waals surface area contributed by atoms with E-state index in [1.54, 1.807) is 6.20 Å². The van der Waals surface area contributed by atoms with E-state index in [0.29, 0.717) is 16.3 Å². The molecule has 0 saturated heterocycles. The van der Waals surface area contributed by atoms with E-state index in [0.717, 1.165) is 16.7 Å². The van der Waals surface area contributed by atoms with E-state index in [1.807, 2.05) is 40.6 Å². The van der Waals surface area contributed by atoms with Crippen molar-refractivity contribution in [3.8, 4) is 0 Å². The number of rotatable bonds is 2. The highest BCUT2D eigenvalue weighted by molar-refractivity contribution is 7.71. The Labute approximate surface area is 114 Å². The van der Waals surface area contributed by atoms with E-state index in [4.69, 9.17) is 23.8 Å². The molecule has 0 aliphatic rings. The molecule has 0 atom stereocenters. The van der Waals surface area contributed by atoms with Crippen molar-refractivity contribution in [1.82, 2.24) is 19.3 Å². The van der Waals surface area contributed by atoms with Crippen molar-refractivity contribution in [3.05, 3.63) is 45.9 Å². The highest BCUT2D eigenvalue weighted by Crippen LogP contribution is 2.23. The van der Waals surface area contributed by atoms with E-state index in [9.17, 15) is 0 Å². The molecule has 0 unspecified atom stereocenters. The number of para-hydroxylation sites is 1. The molecule has 1 aromatic carbocycles. The summed E-state index contributed by atoms with van der Waals surface area (Å²) in [7, 11) is 1.91. The van der Waals surface area contributed by atoms with Gasteiger partial charge < -0.3 is 9.55 Å². The SMILES string of the molecule is Cn1nccc1Cn1c(=S)[nH]c2cccc(Cl)c21. The summed E-state index contributed by atoms with van der Waals surface area (Å²) in [6, 6.07) is 7.71. The minimum atomic E-state index is 0.652. The smallest absolute Gasteiger partial charge is 0.178 e. The molecule has 4 nitrogen and oxygen atoms in total. The van der Waals surface area contributed by atoms with Crippen LogP contribution in [0.3, 0.4) is 0 Å². The average Bonchev–Trinajstić information content (AvgIpc) is 2.86. The van der Waals surface area contributed by atoms with Gasteiger partial charge in [-0.3, -0.25) is 4.68 Å². The second-order valence-corrected chi connectivity index (χ2v) is 4.89. The Bertz CT molecular complexity index is 768. The molecule has 1 N–H and O–H groups in total. The van der Waals surface area contributed by atoms with Crippen molar-refractivity contribution >= 4 is 34.9 Å². The minimum Gasteiger partial charge on any atom is -0.331 e. The lowest BCUT2D eigenvalue weighted by molar-refractivity contribution is 0.671. The van der Waals surface area contributed by atoms with Gasteiger partial charge in [0, 0.05) is 13.2 Å². The van der Waals surface area contributed by atoms with Gasteiger partial charge in [0.2, 0.25) is 0 Å². The van der Waals surface area contributed by atoms with E-state index in [-0.39, 0.29) is 0 Å². The first-order valence-electron chi connectivity index (χ1n) is 5.51. The zero-order chi connectivity index (χ0) is 12.7.